The number of nitrogens with two attached hydrogens (primary N) is 2. The lowest BCUT2D eigenvalue weighted by molar-refractivity contribution is 0.340. The van der Waals surface area contributed by atoms with E-state index < -0.39 is 0 Å². The molecular weight excluding hydrogens is 226 g/mol. The van der Waals surface area contributed by atoms with Gasteiger partial charge in [-0.05, 0) is 38.0 Å². The van der Waals surface area contributed by atoms with Gasteiger partial charge in [0.25, 0.3) is 0 Å². The molecule has 4 heteroatoms. The predicted octanol–water partition coefficient (Wildman–Crippen LogP) is 0.892. The third-order valence-electron chi connectivity index (χ3n) is 2.87. The van der Waals surface area contributed by atoms with Gasteiger partial charge in [-0.25, -0.2) is 0 Å². The molecule has 5 N–H and O–H groups in total. The van der Waals surface area contributed by atoms with Crippen molar-refractivity contribution in [1.29, 1.82) is 0 Å². The Morgan fingerprint density at radius 2 is 1.83 bits per heavy atom. The van der Waals surface area contributed by atoms with Crippen molar-refractivity contribution >= 4 is 0 Å². The molecule has 1 aromatic carbocycles. The van der Waals surface area contributed by atoms with Crippen LogP contribution in [0.25, 0.3) is 0 Å². The van der Waals surface area contributed by atoms with Crippen LogP contribution < -0.4 is 21.5 Å². The summed E-state index contributed by atoms with van der Waals surface area (Å²) in [5.41, 5.74) is 12.6. The number of rotatable bonds is 8. The van der Waals surface area contributed by atoms with Crippen LogP contribution in [0.3, 0.4) is 0 Å². The van der Waals surface area contributed by atoms with E-state index in [0.29, 0.717) is 25.7 Å². The number of ether oxygens (including phenoxy) is 1. The fourth-order valence-electron chi connectivity index (χ4n) is 1.85. The van der Waals surface area contributed by atoms with E-state index in [1.54, 1.807) is 0 Å². The molecular formula is C14H25N3O. The van der Waals surface area contributed by atoms with Crippen molar-refractivity contribution in [3.8, 4) is 5.75 Å². The van der Waals surface area contributed by atoms with Crippen molar-refractivity contribution in [2.45, 2.75) is 32.4 Å². The third-order valence-corrected chi connectivity index (χ3v) is 2.87. The fourth-order valence-corrected chi connectivity index (χ4v) is 1.85. The van der Waals surface area contributed by atoms with Crippen LogP contribution in [-0.2, 0) is 6.42 Å². The second kappa shape index (κ2) is 8.08. The summed E-state index contributed by atoms with van der Waals surface area (Å²) in [6, 6.07) is 8.73. The molecule has 0 spiro atoms. The highest BCUT2D eigenvalue weighted by Gasteiger charge is 2.10. The molecule has 0 aliphatic carbocycles. The van der Waals surface area contributed by atoms with Crippen molar-refractivity contribution in [2.75, 3.05) is 19.7 Å². The molecule has 0 amide bonds. The Morgan fingerprint density at radius 3 is 2.33 bits per heavy atom. The lowest BCUT2D eigenvalue weighted by atomic mass is 10.0. The highest BCUT2D eigenvalue weighted by molar-refractivity contribution is 5.27. The lowest BCUT2D eigenvalue weighted by Crippen LogP contribution is -2.45. The summed E-state index contributed by atoms with van der Waals surface area (Å²) in [4.78, 5) is 0. The van der Waals surface area contributed by atoms with Crippen molar-refractivity contribution in [3.05, 3.63) is 29.8 Å². The first-order valence-corrected chi connectivity index (χ1v) is 6.57. The van der Waals surface area contributed by atoms with Gasteiger partial charge in [-0.3, -0.25) is 0 Å². The van der Waals surface area contributed by atoms with Crippen LogP contribution in [0.4, 0.5) is 0 Å². The van der Waals surface area contributed by atoms with E-state index in [4.69, 9.17) is 16.2 Å². The lowest BCUT2D eigenvalue weighted by Gasteiger charge is -2.21. The molecule has 4 nitrogen and oxygen atoms in total. The predicted molar refractivity (Wildman–Crippen MR) is 75.8 cm³/mol. The van der Waals surface area contributed by atoms with Crippen LogP contribution in [0.2, 0.25) is 0 Å². The minimum Gasteiger partial charge on any atom is -0.494 e. The average molecular weight is 251 g/mol. The molecule has 0 unspecified atom stereocenters. The van der Waals surface area contributed by atoms with Gasteiger partial charge in [0, 0.05) is 25.2 Å². The molecule has 1 rings (SSSR count). The Bertz CT molecular complexity index is 326. The van der Waals surface area contributed by atoms with E-state index in [2.05, 4.69) is 24.4 Å². The van der Waals surface area contributed by atoms with E-state index in [9.17, 15) is 0 Å². The Hall–Kier alpha value is -1.10. The van der Waals surface area contributed by atoms with Gasteiger partial charge in [0.2, 0.25) is 0 Å². The molecule has 1 aromatic rings. The maximum Gasteiger partial charge on any atom is 0.119 e. The van der Waals surface area contributed by atoms with Crippen LogP contribution in [0.15, 0.2) is 24.3 Å². The minimum absolute atomic E-state index is 0.265. The summed E-state index contributed by atoms with van der Waals surface area (Å²) in [6.45, 7) is 5.98. The summed E-state index contributed by atoms with van der Waals surface area (Å²) >= 11 is 0. The molecule has 18 heavy (non-hydrogen) atoms. The maximum absolute atomic E-state index is 5.77. The van der Waals surface area contributed by atoms with Gasteiger partial charge in [0.15, 0.2) is 0 Å². The Kier molecular flexibility index (Phi) is 6.72. The van der Waals surface area contributed by atoms with E-state index in [0.717, 1.165) is 12.2 Å². The van der Waals surface area contributed by atoms with Crippen LogP contribution in [-0.4, -0.2) is 31.8 Å². The van der Waals surface area contributed by atoms with Gasteiger partial charge in [0.1, 0.15) is 5.75 Å². The van der Waals surface area contributed by atoms with Crippen LogP contribution in [0.5, 0.6) is 5.75 Å². The molecule has 0 saturated carbocycles. The van der Waals surface area contributed by atoms with Crippen LogP contribution in [0, 0.1) is 0 Å². The van der Waals surface area contributed by atoms with E-state index >= 15 is 0 Å². The number of benzene rings is 1. The maximum atomic E-state index is 5.77. The van der Waals surface area contributed by atoms with Crippen LogP contribution in [0.1, 0.15) is 19.4 Å². The number of hydrogen-bond donors (Lipinski definition) is 3. The van der Waals surface area contributed by atoms with Gasteiger partial charge < -0.3 is 21.5 Å². The zero-order chi connectivity index (χ0) is 13.4. The standard InChI is InChI=1S/C14H25N3O/c1-3-18-14-6-4-12(5-7-14)8-13(10-16)17-11(2)9-15/h4-7,11,13,17H,3,8-10,15-16H2,1-2H3/t11-,13-/m1/s1. The molecule has 0 fully saturated rings. The average Bonchev–Trinajstić information content (AvgIpc) is 2.40. The molecule has 0 saturated heterocycles. The van der Waals surface area contributed by atoms with Crippen molar-refractivity contribution in [3.63, 3.8) is 0 Å². The SMILES string of the molecule is CCOc1ccc(C[C@H](CN)N[C@H](C)CN)cc1. The first-order valence-electron chi connectivity index (χ1n) is 6.57. The number of nitrogens with one attached hydrogen (secondary N) is 1. The topological polar surface area (TPSA) is 73.3 Å². The van der Waals surface area contributed by atoms with Gasteiger partial charge in [-0.1, -0.05) is 12.1 Å². The molecule has 0 bridgehead atoms. The second-order valence-corrected chi connectivity index (χ2v) is 4.52. The minimum atomic E-state index is 0.265. The first-order chi connectivity index (χ1) is 8.69. The Balaban J connectivity index is 2.53. The van der Waals surface area contributed by atoms with Crippen molar-refractivity contribution in [2.24, 2.45) is 11.5 Å². The van der Waals surface area contributed by atoms with E-state index in [1.807, 2.05) is 19.1 Å². The van der Waals surface area contributed by atoms with Gasteiger partial charge >= 0.3 is 0 Å². The zero-order valence-electron chi connectivity index (χ0n) is 11.4. The van der Waals surface area contributed by atoms with Crippen molar-refractivity contribution < 1.29 is 4.74 Å². The molecule has 0 heterocycles. The van der Waals surface area contributed by atoms with Crippen molar-refractivity contribution in [1.82, 2.24) is 5.32 Å². The summed E-state index contributed by atoms with van der Waals surface area (Å²) in [5.74, 6) is 0.911. The molecule has 0 aromatic heterocycles. The quantitative estimate of drug-likeness (QED) is 0.641. The normalized spacial score (nSPS) is 14.2. The Labute approximate surface area is 110 Å². The highest BCUT2D eigenvalue weighted by Crippen LogP contribution is 2.13. The zero-order valence-corrected chi connectivity index (χ0v) is 11.4. The van der Waals surface area contributed by atoms with E-state index in [1.165, 1.54) is 5.56 Å². The molecule has 0 aliphatic rings. The summed E-state index contributed by atoms with van der Waals surface area (Å²) in [7, 11) is 0. The number of hydrogen-bond acceptors (Lipinski definition) is 4. The van der Waals surface area contributed by atoms with Gasteiger partial charge in [0.05, 0.1) is 6.61 Å². The fraction of sp³-hybridized carbons (Fsp3) is 0.571. The van der Waals surface area contributed by atoms with Crippen LogP contribution >= 0.6 is 0 Å². The monoisotopic (exact) mass is 251 g/mol. The first kappa shape index (κ1) is 15.0. The molecule has 2 atom stereocenters. The molecule has 102 valence electrons. The summed E-state index contributed by atoms with van der Waals surface area (Å²) in [5, 5.41) is 3.42. The molecule has 0 radical (unpaired) electrons. The second-order valence-electron chi connectivity index (χ2n) is 4.52. The van der Waals surface area contributed by atoms with Gasteiger partial charge in [-0.2, -0.15) is 0 Å². The molecule has 0 aliphatic heterocycles. The van der Waals surface area contributed by atoms with E-state index in [-0.39, 0.29) is 6.04 Å². The smallest absolute Gasteiger partial charge is 0.119 e. The summed E-state index contributed by atoms with van der Waals surface area (Å²) in [6.07, 6.45) is 0.910. The third kappa shape index (κ3) is 5.04. The highest BCUT2D eigenvalue weighted by atomic mass is 16.5. The largest absolute Gasteiger partial charge is 0.494 e. The summed E-state index contributed by atoms with van der Waals surface area (Å²) < 4.78 is 5.42. The Morgan fingerprint density at radius 1 is 1.17 bits per heavy atom. The van der Waals surface area contributed by atoms with Gasteiger partial charge in [-0.15, -0.1) is 0 Å².